The van der Waals surface area contributed by atoms with Crippen LogP contribution in [0.4, 0.5) is 0 Å². The maximum atomic E-state index is 6.55. The molecule has 1 aromatic carbocycles. The smallest absolute Gasteiger partial charge is 0.210 e. The molecule has 3 aliphatic heterocycles. The monoisotopic (exact) mass is 351 g/mol. The summed E-state index contributed by atoms with van der Waals surface area (Å²) in [6.45, 7) is 14.2. The minimum absolute atomic E-state index is 1.01. The Balaban J connectivity index is 1.82. The van der Waals surface area contributed by atoms with Gasteiger partial charge in [0.2, 0.25) is 5.36 Å². The molecule has 0 amide bonds. The summed E-state index contributed by atoms with van der Waals surface area (Å²) < 4.78 is 9.12. The summed E-state index contributed by atoms with van der Waals surface area (Å²) in [6, 6.07) is 2.27. The van der Waals surface area contributed by atoms with E-state index in [1.165, 1.54) is 65.7 Å². The van der Waals surface area contributed by atoms with Crippen molar-refractivity contribution in [1.29, 1.82) is 0 Å². The first-order valence-corrected chi connectivity index (χ1v) is 10.1. The molecule has 26 heavy (non-hydrogen) atoms. The first kappa shape index (κ1) is 17.4. The maximum Gasteiger partial charge on any atom is 0.210 e. The van der Waals surface area contributed by atoms with Crippen LogP contribution in [0.15, 0.2) is 28.7 Å². The number of nitrogens with zero attached hydrogens (tertiary/aromatic N) is 1. The fourth-order valence-corrected chi connectivity index (χ4v) is 4.78. The number of hydrogen-bond acceptors (Lipinski definition) is 2. The highest BCUT2D eigenvalue weighted by Gasteiger charge is 2.27. The van der Waals surface area contributed by atoms with Crippen molar-refractivity contribution in [2.24, 2.45) is 0 Å². The van der Waals surface area contributed by atoms with E-state index in [0.29, 0.717) is 0 Å². The van der Waals surface area contributed by atoms with Crippen LogP contribution in [0.3, 0.4) is 0 Å². The molecule has 0 bridgehead atoms. The zero-order valence-corrected chi connectivity index (χ0v) is 16.5. The van der Waals surface area contributed by atoms with Crippen LogP contribution in [0.2, 0.25) is 0 Å². The Kier molecular flexibility index (Phi) is 4.64. The summed E-state index contributed by atoms with van der Waals surface area (Å²) >= 11 is 0. The molecule has 0 spiro atoms. The number of rotatable bonds is 2. The normalized spacial score (nSPS) is 21.0. The highest BCUT2D eigenvalue weighted by Crippen LogP contribution is 2.27. The maximum absolute atomic E-state index is 6.55. The quantitative estimate of drug-likeness (QED) is 0.654. The van der Waals surface area contributed by atoms with Gasteiger partial charge in [0.15, 0.2) is 0 Å². The molecular weight excluding hydrogens is 320 g/mol. The predicted molar refractivity (Wildman–Crippen MR) is 108 cm³/mol. The van der Waals surface area contributed by atoms with Gasteiger partial charge in [0.25, 0.3) is 0 Å². The van der Waals surface area contributed by atoms with Crippen LogP contribution in [0.25, 0.3) is 6.58 Å². The van der Waals surface area contributed by atoms with Crippen LogP contribution in [-0.4, -0.2) is 19.6 Å². The minimum atomic E-state index is 1.01. The van der Waals surface area contributed by atoms with E-state index in [1.807, 2.05) is 0 Å². The molecule has 3 heterocycles. The second-order valence-electron chi connectivity index (χ2n) is 8.09. The average molecular weight is 352 g/mol. The number of benzene rings is 1. The number of piperidine rings is 1. The lowest BCUT2D eigenvalue weighted by Crippen LogP contribution is -2.44. The predicted octanol–water partition coefficient (Wildman–Crippen LogP) is 2.81. The fraction of sp³-hybridized carbons (Fsp3) is 0.522. The van der Waals surface area contributed by atoms with Crippen LogP contribution in [0.5, 0.6) is 5.75 Å². The molecule has 3 aliphatic rings. The van der Waals surface area contributed by atoms with E-state index in [1.54, 1.807) is 0 Å². The number of nitrogens with one attached hydrogen (secondary N) is 1. The van der Waals surface area contributed by atoms with Crippen LogP contribution in [-0.2, 0) is 12.8 Å². The lowest BCUT2D eigenvalue weighted by molar-refractivity contribution is 0.395. The standard InChI is InChI=1S/C23H31N2O/c1-15(2)21-19(9-5-11-24-21)17(4)26-23-16(3)14-18-8-6-12-25-13-7-10-20(23)22(18)25/h14,24H,3,5-13H2,1-2,4H3/q+1/b19-17+. The molecule has 1 N–H and O–H groups in total. The molecule has 3 nitrogen and oxygen atoms in total. The SMILES string of the molecule is C=c1cc2c3c(c1O/C(C)=C1\CCCNC1=C(C)C)CCC[N+]=3CCC2. The third kappa shape index (κ3) is 2.98. The fourth-order valence-electron chi connectivity index (χ4n) is 4.78. The van der Waals surface area contributed by atoms with Crippen LogP contribution in [0, 0.1) is 0 Å². The third-order valence-electron chi connectivity index (χ3n) is 5.94. The van der Waals surface area contributed by atoms with Gasteiger partial charge >= 0.3 is 0 Å². The second kappa shape index (κ2) is 6.94. The molecule has 0 unspecified atom stereocenters. The Morgan fingerprint density at radius 2 is 1.85 bits per heavy atom. The largest absolute Gasteiger partial charge is 0.461 e. The summed E-state index contributed by atoms with van der Waals surface area (Å²) in [4.78, 5) is 0. The van der Waals surface area contributed by atoms with Gasteiger partial charge in [-0.05, 0) is 52.5 Å². The van der Waals surface area contributed by atoms with Crippen LogP contribution in [0.1, 0.15) is 57.6 Å². The highest BCUT2D eigenvalue weighted by molar-refractivity contribution is 5.44. The topological polar surface area (TPSA) is 24.3 Å². The summed E-state index contributed by atoms with van der Waals surface area (Å²) in [5, 5.41) is 6.06. The van der Waals surface area contributed by atoms with Gasteiger partial charge in [0, 0.05) is 41.4 Å². The van der Waals surface area contributed by atoms with E-state index in [9.17, 15) is 0 Å². The van der Waals surface area contributed by atoms with Gasteiger partial charge in [-0.2, -0.15) is 0 Å². The van der Waals surface area contributed by atoms with Crippen LogP contribution < -0.4 is 25.2 Å². The number of ether oxygens (including phenoxy) is 1. The van der Waals surface area contributed by atoms with Crippen molar-refractivity contribution >= 4 is 6.58 Å². The Labute approximate surface area is 156 Å². The highest BCUT2D eigenvalue weighted by atomic mass is 16.5. The van der Waals surface area contributed by atoms with Gasteiger partial charge in [-0.15, -0.1) is 0 Å². The second-order valence-corrected chi connectivity index (χ2v) is 8.09. The Bertz CT molecular complexity index is 913. The summed E-state index contributed by atoms with van der Waals surface area (Å²) in [6.07, 6.45) is 6.99. The van der Waals surface area contributed by atoms with Gasteiger partial charge in [-0.25, -0.2) is 4.58 Å². The van der Waals surface area contributed by atoms with E-state index >= 15 is 0 Å². The van der Waals surface area contributed by atoms with Crippen molar-refractivity contribution in [2.45, 2.75) is 59.3 Å². The lowest BCUT2D eigenvalue weighted by atomic mass is 9.94. The van der Waals surface area contributed by atoms with Gasteiger partial charge in [0.1, 0.15) is 24.6 Å². The van der Waals surface area contributed by atoms with Gasteiger partial charge in [0.05, 0.1) is 5.56 Å². The van der Waals surface area contributed by atoms with Crippen molar-refractivity contribution in [3.8, 4) is 5.75 Å². The molecule has 0 atom stereocenters. The molecule has 1 aromatic rings. The Morgan fingerprint density at radius 1 is 1.08 bits per heavy atom. The number of hydrogen-bond donors (Lipinski definition) is 1. The molecule has 1 saturated heterocycles. The minimum Gasteiger partial charge on any atom is -0.461 e. The number of allylic oxidation sites excluding steroid dienone is 3. The van der Waals surface area contributed by atoms with E-state index in [2.05, 4.69) is 43.3 Å². The Morgan fingerprint density at radius 3 is 2.62 bits per heavy atom. The molecule has 1 fully saturated rings. The molecular formula is C23H31N2O+. The summed E-state index contributed by atoms with van der Waals surface area (Å²) in [5.41, 5.74) is 6.79. The lowest BCUT2D eigenvalue weighted by Gasteiger charge is -2.25. The average Bonchev–Trinajstić information content (AvgIpc) is 2.65. The number of aryl methyl sites for hydroxylation is 1. The Hall–Kier alpha value is -2.03. The molecule has 0 saturated carbocycles. The molecule has 138 valence electrons. The van der Waals surface area contributed by atoms with Crippen molar-refractivity contribution in [1.82, 2.24) is 9.89 Å². The molecule has 4 rings (SSSR count). The zero-order valence-electron chi connectivity index (χ0n) is 16.5. The van der Waals surface area contributed by atoms with Crippen molar-refractivity contribution in [3.05, 3.63) is 50.4 Å². The van der Waals surface area contributed by atoms with E-state index in [0.717, 1.165) is 42.5 Å². The zero-order chi connectivity index (χ0) is 18.3. The van der Waals surface area contributed by atoms with E-state index in [4.69, 9.17) is 4.74 Å². The first-order chi connectivity index (χ1) is 12.6. The third-order valence-corrected chi connectivity index (χ3v) is 5.94. The molecule has 0 radical (unpaired) electrons. The summed E-state index contributed by atoms with van der Waals surface area (Å²) in [7, 11) is 0. The molecule has 0 aromatic heterocycles. The van der Waals surface area contributed by atoms with Crippen molar-refractivity contribution in [3.63, 3.8) is 0 Å². The molecule has 0 aliphatic carbocycles. The molecule has 3 heteroatoms. The van der Waals surface area contributed by atoms with Gasteiger partial charge in [-0.3, -0.25) is 0 Å². The van der Waals surface area contributed by atoms with Crippen molar-refractivity contribution < 1.29 is 4.74 Å². The van der Waals surface area contributed by atoms with Gasteiger partial charge < -0.3 is 10.1 Å². The van der Waals surface area contributed by atoms with Crippen molar-refractivity contribution in [2.75, 3.05) is 19.6 Å². The van der Waals surface area contributed by atoms with Gasteiger partial charge in [-0.1, -0.05) is 12.2 Å². The van der Waals surface area contributed by atoms with E-state index in [-0.39, 0.29) is 0 Å². The summed E-state index contributed by atoms with van der Waals surface area (Å²) in [5.74, 6) is 2.04. The first-order valence-electron chi connectivity index (χ1n) is 10.1. The van der Waals surface area contributed by atoms with Crippen LogP contribution >= 0.6 is 0 Å². The van der Waals surface area contributed by atoms with E-state index < -0.39 is 0 Å².